The minimum Gasteiger partial charge on any atom is -0.349 e. The maximum Gasteiger partial charge on any atom is 0.222 e. The Bertz CT molecular complexity index is 540. The van der Waals surface area contributed by atoms with Crippen LogP contribution in [0.15, 0.2) is 30.6 Å². The van der Waals surface area contributed by atoms with Crippen LogP contribution >= 0.6 is 0 Å². The Kier molecular flexibility index (Phi) is 4.75. The Hall–Kier alpha value is -2.31. The average Bonchev–Trinajstić information content (AvgIpc) is 2.97. The molecule has 6 nitrogen and oxygen atoms in total. The van der Waals surface area contributed by atoms with Gasteiger partial charge < -0.3 is 5.32 Å². The lowest BCUT2D eigenvalue weighted by Crippen LogP contribution is -2.29. The van der Waals surface area contributed by atoms with E-state index in [0.29, 0.717) is 13.0 Å². The Morgan fingerprint density at radius 2 is 2.15 bits per heavy atom. The van der Waals surface area contributed by atoms with Crippen LogP contribution in [0, 0.1) is 5.82 Å². The largest absolute Gasteiger partial charge is 0.349 e. The van der Waals surface area contributed by atoms with Gasteiger partial charge >= 0.3 is 0 Å². The van der Waals surface area contributed by atoms with Crippen molar-refractivity contribution >= 4 is 5.91 Å². The molecule has 2 rings (SSSR count). The number of nitrogens with one attached hydrogen (secondary N) is 1. The van der Waals surface area contributed by atoms with Gasteiger partial charge in [-0.05, 0) is 34.5 Å². The zero-order chi connectivity index (χ0) is 14.4. The first-order valence-corrected chi connectivity index (χ1v) is 6.44. The fraction of sp³-hybridized carbons (Fsp3) is 0.385. The minimum atomic E-state index is -0.284. The van der Waals surface area contributed by atoms with E-state index in [4.69, 9.17) is 0 Å². The highest BCUT2D eigenvalue weighted by atomic mass is 19.1. The van der Waals surface area contributed by atoms with Gasteiger partial charge in [0.15, 0.2) is 0 Å². The van der Waals surface area contributed by atoms with E-state index >= 15 is 0 Å². The van der Waals surface area contributed by atoms with Gasteiger partial charge in [-0.15, -0.1) is 5.10 Å². The van der Waals surface area contributed by atoms with Crippen LogP contribution in [0.2, 0.25) is 0 Å². The van der Waals surface area contributed by atoms with E-state index in [2.05, 4.69) is 20.8 Å². The van der Waals surface area contributed by atoms with E-state index in [1.54, 1.807) is 12.1 Å². The fourth-order valence-electron chi connectivity index (χ4n) is 1.88. The molecule has 106 valence electrons. The lowest BCUT2D eigenvalue weighted by Gasteiger charge is -2.17. The lowest BCUT2D eigenvalue weighted by atomic mass is 10.0. The topological polar surface area (TPSA) is 72.7 Å². The molecule has 0 bridgehead atoms. The van der Waals surface area contributed by atoms with E-state index < -0.39 is 0 Å². The standard InChI is InChI=1S/C13H16FN5O/c1-2-12(10-3-5-11(14)6-4-10)16-13(20)7-8-19-9-15-17-18-19/h3-6,9,12H,2,7-8H2,1H3,(H,16,20). The zero-order valence-corrected chi connectivity index (χ0v) is 11.2. The molecule has 1 unspecified atom stereocenters. The second-order valence-electron chi connectivity index (χ2n) is 4.40. The Balaban J connectivity index is 1.89. The highest BCUT2D eigenvalue weighted by Crippen LogP contribution is 2.17. The van der Waals surface area contributed by atoms with Crippen LogP contribution in [0.1, 0.15) is 31.4 Å². The molecule has 0 fully saturated rings. The van der Waals surface area contributed by atoms with Gasteiger partial charge in [0.2, 0.25) is 5.91 Å². The van der Waals surface area contributed by atoms with Crippen LogP contribution in [-0.4, -0.2) is 26.1 Å². The molecule has 7 heteroatoms. The number of tetrazole rings is 1. The number of nitrogens with zero attached hydrogens (tertiary/aromatic N) is 4. The zero-order valence-electron chi connectivity index (χ0n) is 11.2. The molecule has 1 atom stereocenters. The first-order chi connectivity index (χ1) is 9.69. The molecule has 0 aliphatic carbocycles. The summed E-state index contributed by atoms with van der Waals surface area (Å²) in [5.74, 6) is -0.370. The molecular weight excluding hydrogens is 261 g/mol. The predicted molar refractivity (Wildman–Crippen MR) is 70.0 cm³/mol. The van der Waals surface area contributed by atoms with Crippen molar-refractivity contribution in [1.82, 2.24) is 25.5 Å². The number of benzene rings is 1. The van der Waals surface area contributed by atoms with Crippen LogP contribution in [-0.2, 0) is 11.3 Å². The number of hydrogen-bond donors (Lipinski definition) is 1. The first kappa shape index (κ1) is 14.1. The summed E-state index contributed by atoms with van der Waals surface area (Å²) < 4.78 is 14.4. The van der Waals surface area contributed by atoms with Gasteiger partial charge in [-0.3, -0.25) is 4.79 Å². The quantitative estimate of drug-likeness (QED) is 0.867. The second-order valence-corrected chi connectivity index (χ2v) is 4.40. The lowest BCUT2D eigenvalue weighted by molar-refractivity contribution is -0.122. The summed E-state index contributed by atoms with van der Waals surface area (Å²) in [4.78, 5) is 11.9. The van der Waals surface area contributed by atoms with Crippen molar-refractivity contribution in [1.29, 1.82) is 0 Å². The van der Waals surface area contributed by atoms with Gasteiger partial charge in [0.25, 0.3) is 0 Å². The average molecular weight is 277 g/mol. The van der Waals surface area contributed by atoms with Crippen molar-refractivity contribution in [3.05, 3.63) is 42.0 Å². The van der Waals surface area contributed by atoms with Crippen molar-refractivity contribution in [2.24, 2.45) is 0 Å². The van der Waals surface area contributed by atoms with Gasteiger partial charge in [-0.2, -0.15) is 0 Å². The van der Waals surface area contributed by atoms with Gasteiger partial charge in [-0.25, -0.2) is 9.07 Å². The molecule has 0 radical (unpaired) electrons. The Labute approximate surface area is 116 Å². The molecule has 0 spiro atoms. The summed E-state index contributed by atoms with van der Waals surface area (Å²) in [7, 11) is 0. The summed E-state index contributed by atoms with van der Waals surface area (Å²) in [6.45, 7) is 2.40. The van der Waals surface area contributed by atoms with Crippen LogP contribution in [0.5, 0.6) is 0 Å². The molecule has 0 aliphatic rings. The number of aryl methyl sites for hydroxylation is 1. The number of carbonyl (C=O) groups is 1. The van der Waals surface area contributed by atoms with Crippen molar-refractivity contribution in [2.45, 2.75) is 32.4 Å². The molecule has 0 aliphatic heterocycles. The SMILES string of the molecule is CCC(NC(=O)CCn1cnnn1)c1ccc(F)cc1. The van der Waals surface area contributed by atoms with Gasteiger partial charge in [0, 0.05) is 6.42 Å². The number of halogens is 1. The Morgan fingerprint density at radius 1 is 1.40 bits per heavy atom. The highest BCUT2D eigenvalue weighted by molar-refractivity contribution is 5.76. The van der Waals surface area contributed by atoms with Gasteiger partial charge in [0.1, 0.15) is 12.1 Å². The van der Waals surface area contributed by atoms with E-state index in [1.165, 1.54) is 23.1 Å². The van der Waals surface area contributed by atoms with Gasteiger partial charge in [0.05, 0.1) is 12.6 Å². The summed E-state index contributed by atoms with van der Waals surface area (Å²) >= 11 is 0. The van der Waals surface area contributed by atoms with Crippen LogP contribution in [0.25, 0.3) is 0 Å². The summed E-state index contributed by atoms with van der Waals surface area (Å²) in [5, 5.41) is 13.6. The number of rotatable bonds is 6. The van der Waals surface area contributed by atoms with Gasteiger partial charge in [-0.1, -0.05) is 19.1 Å². The molecule has 2 aromatic rings. The molecule has 0 saturated carbocycles. The van der Waals surface area contributed by atoms with E-state index in [1.807, 2.05) is 6.92 Å². The molecule has 20 heavy (non-hydrogen) atoms. The number of carbonyl (C=O) groups excluding carboxylic acids is 1. The Morgan fingerprint density at radius 3 is 2.75 bits per heavy atom. The molecule has 1 heterocycles. The van der Waals surface area contributed by atoms with Crippen molar-refractivity contribution in [3.63, 3.8) is 0 Å². The minimum absolute atomic E-state index is 0.0864. The molecule has 1 aromatic carbocycles. The smallest absolute Gasteiger partial charge is 0.222 e. The molecule has 1 N–H and O–H groups in total. The summed E-state index contributed by atoms with van der Waals surface area (Å²) in [6.07, 6.45) is 2.50. The molecule has 0 saturated heterocycles. The third-order valence-electron chi connectivity index (χ3n) is 2.98. The number of amides is 1. The second kappa shape index (κ2) is 6.74. The highest BCUT2D eigenvalue weighted by Gasteiger charge is 2.12. The number of aromatic nitrogens is 4. The normalized spacial score (nSPS) is 12.1. The maximum absolute atomic E-state index is 12.9. The summed E-state index contributed by atoms with van der Waals surface area (Å²) in [6, 6.07) is 6.05. The first-order valence-electron chi connectivity index (χ1n) is 6.44. The maximum atomic E-state index is 12.9. The molecular formula is C13H16FN5O. The fourth-order valence-corrected chi connectivity index (χ4v) is 1.88. The van der Waals surface area contributed by atoms with Crippen LogP contribution in [0.3, 0.4) is 0 Å². The van der Waals surface area contributed by atoms with Crippen molar-refractivity contribution in [3.8, 4) is 0 Å². The number of hydrogen-bond acceptors (Lipinski definition) is 4. The van der Waals surface area contributed by atoms with E-state index in [0.717, 1.165) is 12.0 Å². The third-order valence-corrected chi connectivity index (χ3v) is 2.98. The molecule has 1 amide bonds. The van der Waals surface area contributed by atoms with E-state index in [-0.39, 0.29) is 17.8 Å². The van der Waals surface area contributed by atoms with Crippen molar-refractivity contribution in [2.75, 3.05) is 0 Å². The molecule has 1 aromatic heterocycles. The van der Waals surface area contributed by atoms with Crippen LogP contribution < -0.4 is 5.32 Å². The summed E-state index contributed by atoms with van der Waals surface area (Å²) in [5.41, 5.74) is 0.893. The van der Waals surface area contributed by atoms with Crippen molar-refractivity contribution < 1.29 is 9.18 Å². The van der Waals surface area contributed by atoms with E-state index in [9.17, 15) is 9.18 Å². The monoisotopic (exact) mass is 277 g/mol. The third kappa shape index (κ3) is 3.84. The van der Waals surface area contributed by atoms with Crippen LogP contribution in [0.4, 0.5) is 4.39 Å². The predicted octanol–water partition coefficient (Wildman–Crippen LogP) is 1.47.